The smallest absolute Gasteiger partial charge is 0.262 e. The summed E-state index contributed by atoms with van der Waals surface area (Å²) >= 11 is 0. The fourth-order valence-corrected chi connectivity index (χ4v) is 1.38. The lowest BCUT2D eigenvalue weighted by Gasteiger charge is -2.18. The van der Waals surface area contributed by atoms with Crippen LogP contribution >= 0.6 is 0 Å². The van der Waals surface area contributed by atoms with Crippen molar-refractivity contribution >= 4 is 11.6 Å². The predicted octanol–water partition coefficient (Wildman–Crippen LogP) is 1.13. The first-order chi connectivity index (χ1) is 7.95. The van der Waals surface area contributed by atoms with Gasteiger partial charge in [-0.15, -0.1) is 0 Å². The second-order valence-corrected chi connectivity index (χ2v) is 3.90. The number of benzene rings is 1. The van der Waals surface area contributed by atoms with Gasteiger partial charge < -0.3 is 20.1 Å². The molecule has 5 heteroatoms. The van der Waals surface area contributed by atoms with Crippen molar-refractivity contribution in [2.24, 2.45) is 0 Å². The molecule has 1 atom stereocenters. The standard InChI is InChI=1S/C12H18N2O3/c1-8(12(15)14(2)3)17-9-5-6-10(13)11(7-9)16-4/h5-8H,13H2,1-4H3/t8-/m1/s1. The highest BCUT2D eigenvalue weighted by atomic mass is 16.5. The van der Waals surface area contributed by atoms with Crippen molar-refractivity contribution in [3.8, 4) is 11.5 Å². The van der Waals surface area contributed by atoms with E-state index in [0.717, 1.165) is 0 Å². The molecule has 94 valence electrons. The first kappa shape index (κ1) is 13.2. The zero-order chi connectivity index (χ0) is 13.0. The molecule has 0 aromatic heterocycles. The van der Waals surface area contributed by atoms with Crippen molar-refractivity contribution in [2.45, 2.75) is 13.0 Å². The van der Waals surface area contributed by atoms with Crippen LogP contribution in [0.3, 0.4) is 0 Å². The van der Waals surface area contributed by atoms with Crippen LogP contribution in [0.4, 0.5) is 5.69 Å². The first-order valence-electron chi connectivity index (χ1n) is 5.27. The third-order valence-corrected chi connectivity index (χ3v) is 2.31. The molecule has 0 aliphatic rings. The third kappa shape index (κ3) is 3.27. The summed E-state index contributed by atoms with van der Waals surface area (Å²) < 4.78 is 10.6. The van der Waals surface area contributed by atoms with Gasteiger partial charge in [0.15, 0.2) is 6.10 Å². The number of carbonyl (C=O) groups is 1. The second kappa shape index (κ2) is 5.43. The van der Waals surface area contributed by atoms with Crippen molar-refractivity contribution in [2.75, 3.05) is 26.9 Å². The minimum absolute atomic E-state index is 0.0965. The normalized spacial score (nSPS) is 11.8. The number of hydrogen-bond acceptors (Lipinski definition) is 4. The molecular weight excluding hydrogens is 220 g/mol. The van der Waals surface area contributed by atoms with Crippen molar-refractivity contribution in [3.63, 3.8) is 0 Å². The molecule has 0 aliphatic heterocycles. The van der Waals surface area contributed by atoms with Crippen molar-refractivity contribution in [1.82, 2.24) is 4.90 Å². The fourth-order valence-electron chi connectivity index (χ4n) is 1.38. The van der Waals surface area contributed by atoms with Gasteiger partial charge in [0.2, 0.25) is 0 Å². The number of methoxy groups -OCH3 is 1. The first-order valence-corrected chi connectivity index (χ1v) is 5.27. The van der Waals surface area contributed by atoms with Crippen LogP contribution in [0.25, 0.3) is 0 Å². The lowest BCUT2D eigenvalue weighted by molar-refractivity contribution is -0.135. The lowest BCUT2D eigenvalue weighted by Crippen LogP contribution is -2.35. The number of nitrogen functional groups attached to an aromatic ring is 1. The average Bonchev–Trinajstić information content (AvgIpc) is 2.30. The summed E-state index contributed by atoms with van der Waals surface area (Å²) in [7, 11) is 4.90. The van der Waals surface area contributed by atoms with Gasteiger partial charge in [0.1, 0.15) is 11.5 Å². The van der Waals surface area contributed by atoms with E-state index >= 15 is 0 Å². The average molecular weight is 238 g/mol. The Balaban J connectivity index is 2.78. The number of nitrogens with two attached hydrogens (primary N) is 1. The molecule has 0 unspecified atom stereocenters. The van der Waals surface area contributed by atoms with Gasteiger partial charge in [0.25, 0.3) is 5.91 Å². The summed E-state index contributed by atoms with van der Waals surface area (Å²) in [5.41, 5.74) is 6.22. The molecule has 0 spiro atoms. The van der Waals surface area contributed by atoms with E-state index in [-0.39, 0.29) is 5.91 Å². The number of carbonyl (C=O) groups excluding carboxylic acids is 1. The summed E-state index contributed by atoms with van der Waals surface area (Å²) in [4.78, 5) is 13.1. The monoisotopic (exact) mass is 238 g/mol. The Kier molecular flexibility index (Phi) is 4.20. The van der Waals surface area contributed by atoms with Crippen LogP contribution in [-0.2, 0) is 4.79 Å². The van der Waals surface area contributed by atoms with Crippen LogP contribution in [0.1, 0.15) is 6.92 Å². The Bertz CT molecular complexity index is 405. The molecule has 2 N–H and O–H groups in total. The maximum Gasteiger partial charge on any atom is 0.262 e. The van der Waals surface area contributed by atoms with Gasteiger partial charge in [-0.25, -0.2) is 0 Å². The maximum absolute atomic E-state index is 11.6. The Hall–Kier alpha value is -1.91. The van der Waals surface area contributed by atoms with Gasteiger partial charge >= 0.3 is 0 Å². The summed E-state index contributed by atoms with van der Waals surface area (Å²) in [5.74, 6) is 0.992. The molecule has 0 radical (unpaired) electrons. The van der Waals surface area contributed by atoms with Crippen LogP contribution in [0.15, 0.2) is 18.2 Å². The molecule has 17 heavy (non-hydrogen) atoms. The molecule has 0 saturated carbocycles. The summed E-state index contributed by atoms with van der Waals surface area (Å²) in [5, 5.41) is 0. The molecule has 0 saturated heterocycles. The molecule has 1 rings (SSSR count). The van der Waals surface area contributed by atoms with Crippen LogP contribution < -0.4 is 15.2 Å². The van der Waals surface area contributed by atoms with Gasteiger partial charge in [-0.2, -0.15) is 0 Å². The zero-order valence-corrected chi connectivity index (χ0v) is 10.6. The summed E-state index contributed by atoms with van der Waals surface area (Å²) in [6, 6.07) is 5.05. The topological polar surface area (TPSA) is 64.8 Å². The molecule has 1 aromatic carbocycles. The molecule has 0 heterocycles. The van der Waals surface area contributed by atoms with Gasteiger partial charge in [-0.1, -0.05) is 0 Å². The molecule has 0 aliphatic carbocycles. The number of anilines is 1. The van der Waals surface area contributed by atoms with Crippen LogP contribution in [0, 0.1) is 0 Å². The highest BCUT2D eigenvalue weighted by Gasteiger charge is 2.16. The maximum atomic E-state index is 11.6. The van der Waals surface area contributed by atoms with Gasteiger partial charge in [0, 0.05) is 20.2 Å². The van der Waals surface area contributed by atoms with E-state index in [1.807, 2.05) is 0 Å². The van der Waals surface area contributed by atoms with Crippen molar-refractivity contribution in [3.05, 3.63) is 18.2 Å². The third-order valence-electron chi connectivity index (χ3n) is 2.31. The Morgan fingerprint density at radius 2 is 2.06 bits per heavy atom. The second-order valence-electron chi connectivity index (χ2n) is 3.90. The summed E-state index contributed by atoms with van der Waals surface area (Å²) in [6.07, 6.45) is -0.543. The van der Waals surface area contributed by atoms with Crippen LogP contribution in [0.2, 0.25) is 0 Å². The van der Waals surface area contributed by atoms with Crippen molar-refractivity contribution in [1.29, 1.82) is 0 Å². The molecule has 5 nitrogen and oxygen atoms in total. The number of rotatable bonds is 4. The molecule has 0 bridgehead atoms. The van der Waals surface area contributed by atoms with E-state index in [2.05, 4.69) is 0 Å². The van der Waals surface area contributed by atoms with E-state index in [1.54, 1.807) is 39.2 Å². The Labute approximate surface area is 101 Å². The van der Waals surface area contributed by atoms with Gasteiger partial charge in [-0.3, -0.25) is 4.79 Å². The zero-order valence-electron chi connectivity index (χ0n) is 10.6. The number of ether oxygens (including phenoxy) is 2. The molecule has 1 amide bonds. The summed E-state index contributed by atoms with van der Waals surface area (Å²) in [6.45, 7) is 1.70. The largest absolute Gasteiger partial charge is 0.494 e. The van der Waals surface area contributed by atoms with Crippen LogP contribution in [0.5, 0.6) is 11.5 Å². The number of likely N-dealkylation sites (N-methyl/N-ethyl adjacent to an activating group) is 1. The molecule has 1 aromatic rings. The Morgan fingerprint density at radius 3 is 2.59 bits per heavy atom. The van der Waals surface area contributed by atoms with Gasteiger partial charge in [0.05, 0.1) is 12.8 Å². The van der Waals surface area contributed by atoms with E-state index in [4.69, 9.17) is 15.2 Å². The van der Waals surface area contributed by atoms with Crippen LogP contribution in [-0.4, -0.2) is 38.1 Å². The molecule has 0 fully saturated rings. The van der Waals surface area contributed by atoms with Gasteiger partial charge in [-0.05, 0) is 19.1 Å². The van der Waals surface area contributed by atoms with Crippen molar-refractivity contribution < 1.29 is 14.3 Å². The number of hydrogen-bond donors (Lipinski definition) is 1. The lowest BCUT2D eigenvalue weighted by atomic mass is 10.2. The predicted molar refractivity (Wildman–Crippen MR) is 66.2 cm³/mol. The highest BCUT2D eigenvalue weighted by Crippen LogP contribution is 2.27. The highest BCUT2D eigenvalue weighted by molar-refractivity contribution is 5.80. The van der Waals surface area contributed by atoms with E-state index in [0.29, 0.717) is 17.2 Å². The van der Waals surface area contributed by atoms with E-state index in [9.17, 15) is 4.79 Å². The SMILES string of the molecule is COc1cc(O[C@H](C)C(=O)N(C)C)ccc1N. The Morgan fingerprint density at radius 1 is 1.41 bits per heavy atom. The van der Waals surface area contributed by atoms with E-state index < -0.39 is 6.10 Å². The number of nitrogens with zero attached hydrogens (tertiary/aromatic N) is 1. The fraction of sp³-hybridized carbons (Fsp3) is 0.417. The van der Waals surface area contributed by atoms with E-state index in [1.165, 1.54) is 12.0 Å². The minimum atomic E-state index is -0.543. The minimum Gasteiger partial charge on any atom is -0.494 e. The molecular formula is C12H18N2O3. The quantitative estimate of drug-likeness (QED) is 0.799. The number of amides is 1.